The van der Waals surface area contributed by atoms with Gasteiger partial charge in [-0.2, -0.15) is 0 Å². The van der Waals surface area contributed by atoms with Crippen LogP contribution < -0.4 is 5.73 Å². The molecule has 1 rings (SSSR count). The summed E-state index contributed by atoms with van der Waals surface area (Å²) in [6.07, 6.45) is 3.09. The van der Waals surface area contributed by atoms with Crippen LogP contribution in [0.2, 0.25) is 0 Å². The minimum absolute atomic E-state index is 0. The lowest BCUT2D eigenvalue weighted by molar-refractivity contribution is 0.417. The fraction of sp³-hybridized carbons (Fsp3) is 0.143. The maximum absolute atomic E-state index is 10.2. The molecule has 0 aliphatic heterocycles. The first-order valence-electron chi connectivity index (χ1n) is 3.41. The van der Waals surface area contributed by atoms with E-state index < -0.39 is 7.12 Å². The van der Waals surface area contributed by atoms with Crippen LogP contribution in [-0.4, -0.2) is 23.1 Å². The van der Waals surface area contributed by atoms with E-state index >= 15 is 0 Å². The van der Waals surface area contributed by atoms with Crippen molar-refractivity contribution in [2.45, 2.75) is 6.42 Å². The molecule has 0 saturated carbocycles. The highest BCUT2D eigenvalue weighted by Gasteiger charge is 2.19. The summed E-state index contributed by atoms with van der Waals surface area (Å²) in [5.41, 5.74) is 6.37. The Bertz CT molecular complexity index is 305. The first-order valence-corrected chi connectivity index (χ1v) is 3.41. The molecule has 0 radical (unpaired) electrons. The maximum Gasteiger partial charge on any atom is 0.484 e. The zero-order valence-electron chi connectivity index (χ0n) is 6.73. The predicted molar refractivity (Wildman–Crippen MR) is 51.6 cm³/mol. The number of hydrogen-bond acceptors (Lipinski definition) is 4. The molecule has 0 heterocycles. The largest absolute Gasteiger partial charge is 0.484 e. The second-order valence-electron chi connectivity index (χ2n) is 2.54. The molecule has 0 saturated heterocycles. The molecule has 0 aromatic carbocycles. The molecule has 0 bridgehead atoms. The van der Waals surface area contributed by atoms with E-state index in [1.54, 1.807) is 5.94 Å². The highest BCUT2D eigenvalue weighted by Crippen LogP contribution is 2.18. The fourth-order valence-electron chi connectivity index (χ4n) is 1.01. The van der Waals surface area contributed by atoms with E-state index in [2.05, 4.69) is 0 Å². The van der Waals surface area contributed by atoms with E-state index in [-0.39, 0.29) is 18.8 Å². The molecular formula is C7H9BClNO3. The van der Waals surface area contributed by atoms with Crippen molar-refractivity contribution in [2.75, 3.05) is 0 Å². The normalized spacial score (nSPS) is 15.1. The van der Waals surface area contributed by atoms with Crippen LogP contribution in [0, 0.1) is 0 Å². The molecule has 4 N–H and O–H groups in total. The highest BCUT2D eigenvalue weighted by molar-refractivity contribution is 6.51. The van der Waals surface area contributed by atoms with E-state index in [1.165, 1.54) is 12.2 Å². The third kappa shape index (κ3) is 3.09. The second kappa shape index (κ2) is 4.89. The minimum atomic E-state index is -1.56. The molecule has 0 amide bonds. The Hall–Kier alpha value is -0.995. The van der Waals surface area contributed by atoms with Gasteiger partial charge in [0.25, 0.3) is 0 Å². The van der Waals surface area contributed by atoms with Gasteiger partial charge in [-0.05, 0) is 17.6 Å². The van der Waals surface area contributed by atoms with Crippen molar-refractivity contribution in [2.24, 2.45) is 5.73 Å². The molecule has 0 atom stereocenters. The van der Waals surface area contributed by atoms with Gasteiger partial charge in [-0.15, -0.1) is 12.4 Å². The van der Waals surface area contributed by atoms with E-state index in [9.17, 15) is 4.79 Å². The van der Waals surface area contributed by atoms with E-state index in [4.69, 9.17) is 15.8 Å². The molecule has 0 fully saturated rings. The van der Waals surface area contributed by atoms with Crippen molar-refractivity contribution < 1.29 is 14.8 Å². The highest BCUT2D eigenvalue weighted by atomic mass is 35.5. The number of carbonyl (C=O) groups excluding carboxylic acids is 1. The first-order chi connectivity index (χ1) is 5.63. The third-order valence-electron chi connectivity index (χ3n) is 1.55. The van der Waals surface area contributed by atoms with E-state index in [1.807, 2.05) is 0 Å². The van der Waals surface area contributed by atoms with Crippen LogP contribution >= 0.6 is 12.4 Å². The Labute approximate surface area is 82.0 Å². The maximum atomic E-state index is 10.2. The molecular weight excluding hydrogens is 192 g/mol. The number of nitrogens with two attached hydrogens (primary N) is 1. The fourth-order valence-corrected chi connectivity index (χ4v) is 1.01. The number of hydrogen-bond donors (Lipinski definition) is 3. The van der Waals surface area contributed by atoms with Gasteiger partial charge in [0, 0.05) is 17.7 Å². The van der Waals surface area contributed by atoms with Crippen molar-refractivity contribution in [3.63, 3.8) is 0 Å². The van der Waals surface area contributed by atoms with Crippen molar-refractivity contribution in [1.29, 1.82) is 0 Å². The molecule has 4 nitrogen and oxygen atoms in total. The Balaban J connectivity index is 0.00000144. The van der Waals surface area contributed by atoms with Crippen LogP contribution in [-0.2, 0) is 4.79 Å². The standard InChI is InChI=1S/C7H8BNO3.ClH/c9-7-2-5(4-10)1-6(3-7)8(11)12;/h2-3,11-12H,1,9H2;1H. The van der Waals surface area contributed by atoms with Gasteiger partial charge in [-0.3, -0.25) is 0 Å². The SMILES string of the molecule is Cl.NC1=CC(=C=O)CC(B(O)O)=C1. The third-order valence-corrected chi connectivity index (χ3v) is 1.55. The van der Waals surface area contributed by atoms with Crippen LogP contribution in [0.5, 0.6) is 0 Å². The molecule has 1 aliphatic carbocycles. The summed E-state index contributed by atoms with van der Waals surface area (Å²) in [6, 6.07) is 0. The van der Waals surface area contributed by atoms with Crippen LogP contribution in [0.3, 0.4) is 0 Å². The van der Waals surface area contributed by atoms with Crippen molar-refractivity contribution in [3.8, 4) is 0 Å². The van der Waals surface area contributed by atoms with Gasteiger partial charge in [0.1, 0.15) is 5.94 Å². The Kier molecular flexibility index (Phi) is 4.52. The van der Waals surface area contributed by atoms with Crippen molar-refractivity contribution in [3.05, 3.63) is 28.9 Å². The van der Waals surface area contributed by atoms with Crippen molar-refractivity contribution >= 4 is 25.5 Å². The lowest BCUT2D eigenvalue weighted by Crippen LogP contribution is -2.19. The van der Waals surface area contributed by atoms with Crippen LogP contribution in [0.1, 0.15) is 6.42 Å². The predicted octanol–water partition coefficient (Wildman–Crippen LogP) is -0.649. The Morgan fingerprint density at radius 3 is 2.54 bits per heavy atom. The number of halogens is 1. The summed E-state index contributed by atoms with van der Waals surface area (Å²) in [5.74, 6) is 1.67. The van der Waals surface area contributed by atoms with Gasteiger partial charge in [-0.1, -0.05) is 0 Å². The molecule has 70 valence electrons. The van der Waals surface area contributed by atoms with Crippen LogP contribution in [0.15, 0.2) is 28.9 Å². The zero-order valence-corrected chi connectivity index (χ0v) is 7.54. The minimum Gasteiger partial charge on any atom is -0.423 e. The molecule has 1 aliphatic rings. The lowest BCUT2D eigenvalue weighted by Gasteiger charge is -2.10. The van der Waals surface area contributed by atoms with Gasteiger partial charge in [-0.25, -0.2) is 4.79 Å². The van der Waals surface area contributed by atoms with Gasteiger partial charge in [0.05, 0.1) is 0 Å². The summed E-state index contributed by atoms with van der Waals surface area (Å²) in [7, 11) is -1.56. The van der Waals surface area contributed by atoms with Gasteiger partial charge < -0.3 is 15.8 Å². The molecule has 0 aromatic rings. The molecule has 0 aromatic heterocycles. The average Bonchev–Trinajstić information content (AvgIpc) is 2.03. The molecule has 6 heteroatoms. The van der Waals surface area contributed by atoms with Gasteiger partial charge in [0.15, 0.2) is 0 Å². The summed E-state index contributed by atoms with van der Waals surface area (Å²) in [6.45, 7) is 0. The summed E-state index contributed by atoms with van der Waals surface area (Å²) in [5, 5.41) is 17.5. The van der Waals surface area contributed by atoms with E-state index in [0.717, 1.165) is 0 Å². The first kappa shape index (κ1) is 12.0. The Morgan fingerprint density at radius 2 is 2.08 bits per heavy atom. The van der Waals surface area contributed by atoms with Crippen LogP contribution in [0.25, 0.3) is 0 Å². The van der Waals surface area contributed by atoms with Gasteiger partial charge in [0.2, 0.25) is 0 Å². The quantitative estimate of drug-likeness (QED) is 0.389. The smallest absolute Gasteiger partial charge is 0.423 e. The zero-order chi connectivity index (χ0) is 9.14. The summed E-state index contributed by atoms with van der Waals surface area (Å²) >= 11 is 0. The monoisotopic (exact) mass is 201 g/mol. The lowest BCUT2D eigenvalue weighted by atomic mass is 9.73. The van der Waals surface area contributed by atoms with Crippen LogP contribution in [0.4, 0.5) is 0 Å². The average molecular weight is 201 g/mol. The summed E-state index contributed by atoms with van der Waals surface area (Å²) < 4.78 is 0. The van der Waals surface area contributed by atoms with E-state index in [0.29, 0.717) is 16.7 Å². The molecule has 0 spiro atoms. The topological polar surface area (TPSA) is 83.6 Å². The number of allylic oxidation sites excluding steroid dienone is 4. The Morgan fingerprint density at radius 1 is 1.46 bits per heavy atom. The molecule has 0 unspecified atom stereocenters. The number of rotatable bonds is 1. The second-order valence-corrected chi connectivity index (χ2v) is 2.54. The molecule has 13 heavy (non-hydrogen) atoms. The van der Waals surface area contributed by atoms with Crippen molar-refractivity contribution in [1.82, 2.24) is 0 Å². The van der Waals surface area contributed by atoms with Gasteiger partial charge >= 0.3 is 7.12 Å². The summed E-state index contributed by atoms with van der Waals surface area (Å²) in [4.78, 5) is 10.2.